The molecule has 1 heterocycles. The molecule has 0 saturated heterocycles. The van der Waals surface area contributed by atoms with Gasteiger partial charge in [0.15, 0.2) is 0 Å². The molecule has 0 radical (unpaired) electrons. The van der Waals surface area contributed by atoms with Crippen LogP contribution in [0.1, 0.15) is 6.92 Å². The van der Waals surface area contributed by atoms with Crippen LogP contribution in [0.5, 0.6) is 11.5 Å². The molecule has 74 valence electrons. The summed E-state index contributed by atoms with van der Waals surface area (Å²) in [4.78, 5) is 0.580. The van der Waals surface area contributed by atoms with E-state index >= 15 is 0 Å². The third-order valence-corrected chi connectivity index (χ3v) is 3.24. The van der Waals surface area contributed by atoms with Gasteiger partial charge in [-0.15, -0.1) is 24.0 Å². The lowest BCUT2D eigenvalue weighted by Crippen LogP contribution is -1.89. The maximum absolute atomic E-state index is 9.80. The zero-order valence-electron chi connectivity index (χ0n) is 7.65. The van der Waals surface area contributed by atoms with Crippen LogP contribution in [-0.2, 0) is 0 Å². The molecule has 0 aliphatic carbocycles. The first-order valence-corrected chi connectivity index (χ1v) is 5.61. The van der Waals surface area contributed by atoms with E-state index in [4.69, 9.17) is 4.74 Å². The SMILES string of the molecule is CCOc1csc2ccc(S)c(O)c12. The van der Waals surface area contributed by atoms with Crippen molar-refractivity contribution in [2.24, 2.45) is 0 Å². The summed E-state index contributed by atoms with van der Waals surface area (Å²) in [7, 11) is 0. The number of hydrogen-bond acceptors (Lipinski definition) is 4. The zero-order valence-corrected chi connectivity index (χ0v) is 9.36. The average molecular weight is 226 g/mol. The highest BCUT2D eigenvalue weighted by atomic mass is 32.1. The van der Waals surface area contributed by atoms with Crippen molar-refractivity contribution in [3.05, 3.63) is 17.5 Å². The molecule has 0 spiro atoms. The van der Waals surface area contributed by atoms with E-state index in [1.807, 2.05) is 18.4 Å². The van der Waals surface area contributed by atoms with Gasteiger partial charge in [0, 0.05) is 15.0 Å². The van der Waals surface area contributed by atoms with E-state index in [9.17, 15) is 5.11 Å². The normalized spacial score (nSPS) is 10.7. The quantitative estimate of drug-likeness (QED) is 0.769. The Balaban J connectivity index is 2.69. The number of rotatable bonds is 2. The van der Waals surface area contributed by atoms with Crippen LogP contribution >= 0.6 is 24.0 Å². The van der Waals surface area contributed by atoms with E-state index < -0.39 is 0 Å². The molecule has 0 bridgehead atoms. The molecule has 1 aromatic carbocycles. The fourth-order valence-electron chi connectivity index (χ4n) is 1.34. The highest BCUT2D eigenvalue weighted by Crippen LogP contribution is 2.41. The van der Waals surface area contributed by atoms with Crippen LogP contribution in [0.4, 0.5) is 0 Å². The zero-order chi connectivity index (χ0) is 10.1. The van der Waals surface area contributed by atoms with Gasteiger partial charge in [-0.2, -0.15) is 0 Å². The molecule has 0 amide bonds. The Bertz CT molecular complexity index is 462. The maximum Gasteiger partial charge on any atom is 0.141 e. The fraction of sp³-hybridized carbons (Fsp3) is 0.200. The van der Waals surface area contributed by atoms with Crippen LogP contribution < -0.4 is 4.74 Å². The number of aromatic hydroxyl groups is 1. The smallest absolute Gasteiger partial charge is 0.141 e. The van der Waals surface area contributed by atoms with Gasteiger partial charge < -0.3 is 9.84 Å². The molecule has 14 heavy (non-hydrogen) atoms. The second-order valence-corrected chi connectivity index (χ2v) is 4.23. The number of fused-ring (bicyclic) bond motifs is 1. The first-order chi connectivity index (χ1) is 6.74. The third-order valence-electron chi connectivity index (χ3n) is 1.96. The van der Waals surface area contributed by atoms with Gasteiger partial charge in [-0.3, -0.25) is 0 Å². The predicted molar refractivity (Wildman–Crippen MR) is 61.9 cm³/mol. The Morgan fingerprint density at radius 3 is 3.00 bits per heavy atom. The topological polar surface area (TPSA) is 29.5 Å². The van der Waals surface area contributed by atoms with E-state index in [0.717, 1.165) is 15.8 Å². The lowest BCUT2D eigenvalue weighted by atomic mass is 10.2. The minimum atomic E-state index is 0.204. The second-order valence-electron chi connectivity index (χ2n) is 2.84. The van der Waals surface area contributed by atoms with Gasteiger partial charge in [0.05, 0.1) is 12.0 Å². The highest BCUT2D eigenvalue weighted by Gasteiger charge is 2.11. The summed E-state index contributed by atoms with van der Waals surface area (Å²) >= 11 is 5.72. The summed E-state index contributed by atoms with van der Waals surface area (Å²) in [5.41, 5.74) is 0. The summed E-state index contributed by atoms with van der Waals surface area (Å²) in [5, 5.41) is 12.5. The summed E-state index contributed by atoms with van der Waals surface area (Å²) < 4.78 is 6.43. The maximum atomic E-state index is 9.80. The van der Waals surface area contributed by atoms with Gasteiger partial charge in [0.25, 0.3) is 0 Å². The molecule has 0 aliphatic heterocycles. The lowest BCUT2D eigenvalue weighted by Gasteiger charge is -2.03. The van der Waals surface area contributed by atoms with Crippen molar-refractivity contribution >= 4 is 34.1 Å². The van der Waals surface area contributed by atoms with Gasteiger partial charge >= 0.3 is 0 Å². The van der Waals surface area contributed by atoms with Crippen molar-refractivity contribution < 1.29 is 9.84 Å². The molecule has 4 heteroatoms. The third kappa shape index (κ3) is 1.44. The molecule has 1 aromatic heterocycles. The van der Waals surface area contributed by atoms with Gasteiger partial charge in [-0.05, 0) is 19.1 Å². The van der Waals surface area contributed by atoms with Crippen molar-refractivity contribution in [3.8, 4) is 11.5 Å². The number of thiophene rings is 1. The molecule has 2 rings (SSSR count). The molecular formula is C10H10O2S2. The number of hydrogen-bond donors (Lipinski definition) is 2. The first-order valence-electron chi connectivity index (χ1n) is 4.29. The molecule has 0 aliphatic rings. The molecule has 0 saturated carbocycles. The van der Waals surface area contributed by atoms with E-state index in [1.165, 1.54) is 0 Å². The van der Waals surface area contributed by atoms with E-state index in [-0.39, 0.29) is 5.75 Å². The standard InChI is InChI=1S/C10H10O2S2/c1-2-12-6-5-14-8-4-3-7(13)10(11)9(6)8/h3-5,11,13H,2H2,1H3. The molecule has 2 nitrogen and oxygen atoms in total. The summed E-state index contributed by atoms with van der Waals surface area (Å²) in [6, 6.07) is 3.72. The summed E-state index contributed by atoms with van der Waals surface area (Å²) in [6.07, 6.45) is 0. The summed E-state index contributed by atoms with van der Waals surface area (Å²) in [5.74, 6) is 0.941. The molecule has 0 atom stereocenters. The molecule has 0 unspecified atom stereocenters. The van der Waals surface area contributed by atoms with Crippen LogP contribution in [-0.4, -0.2) is 11.7 Å². The van der Waals surface area contributed by atoms with Crippen molar-refractivity contribution in [1.82, 2.24) is 0 Å². The predicted octanol–water partition coefficient (Wildman–Crippen LogP) is 3.29. The monoisotopic (exact) mass is 226 g/mol. The van der Waals surface area contributed by atoms with Crippen LogP contribution in [0.3, 0.4) is 0 Å². The molecule has 2 aromatic rings. The van der Waals surface area contributed by atoms with Crippen molar-refractivity contribution in [2.75, 3.05) is 6.61 Å². The number of ether oxygens (including phenoxy) is 1. The van der Waals surface area contributed by atoms with Crippen LogP contribution in [0.15, 0.2) is 22.4 Å². The Hall–Kier alpha value is -0.870. The van der Waals surface area contributed by atoms with E-state index in [2.05, 4.69) is 12.6 Å². The first kappa shape index (κ1) is 9.68. The fourth-order valence-corrected chi connectivity index (χ4v) is 2.40. The largest absolute Gasteiger partial charge is 0.506 e. The van der Waals surface area contributed by atoms with Gasteiger partial charge in [-0.25, -0.2) is 0 Å². The number of phenolic OH excluding ortho intramolecular Hbond substituents is 1. The minimum Gasteiger partial charge on any atom is -0.506 e. The van der Waals surface area contributed by atoms with Crippen LogP contribution in [0.25, 0.3) is 10.1 Å². The highest BCUT2D eigenvalue weighted by molar-refractivity contribution is 7.80. The number of phenols is 1. The molecule has 0 fully saturated rings. The number of benzene rings is 1. The van der Waals surface area contributed by atoms with E-state index in [0.29, 0.717) is 11.5 Å². The summed E-state index contributed by atoms with van der Waals surface area (Å²) in [6.45, 7) is 2.52. The van der Waals surface area contributed by atoms with Gasteiger partial charge in [0.1, 0.15) is 11.5 Å². The van der Waals surface area contributed by atoms with E-state index in [1.54, 1.807) is 17.4 Å². The van der Waals surface area contributed by atoms with Crippen LogP contribution in [0, 0.1) is 0 Å². The Morgan fingerprint density at radius 2 is 2.29 bits per heavy atom. The van der Waals surface area contributed by atoms with Crippen molar-refractivity contribution in [3.63, 3.8) is 0 Å². The Kier molecular flexibility index (Phi) is 2.56. The van der Waals surface area contributed by atoms with Crippen molar-refractivity contribution in [1.29, 1.82) is 0 Å². The molecular weight excluding hydrogens is 216 g/mol. The minimum absolute atomic E-state index is 0.204. The lowest BCUT2D eigenvalue weighted by molar-refractivity contribution is 0.344. The Labute approximate surface area is 91.5 Å². The molecule has 1 N–H and O–H groups in total. The van der Waals surface area contributed by atoms with Crippen molar-refractivity contribution in [2.45, 2.75) is 11.8 Å². The van der Waals surface area contributed by atoms with Gasteiger partial charge in [-0.1, -0.05) is 0 Å². The van der Waals surface area contributed by atoms with Crippen LogP contribution in [0.2, 0.25) is 0 Å². The average Bonchev–Trinajstić information content (AvgIpc) is 2.57. The van der Waals surface area contributed by atoms with Gasteiger partial charge in [0.2, 0.25) is 0 Å². The second kappa shape index (κ2) is 3.71. The number of thiol groups is 1. The Morgan fingerprint density at radius 1 is 1.50 bits per heavy atom.